The van der Waals surface area contributed by atoms with E-state index in [1.807, 2.05) is 43.5 Å². The topological polar surface area (TPSA) is 64.6 Å². The standard InChI is InChI=1S/C17H25NO4S/c1-3-4-11-21-16(19)15(10-12-23-2)18-17(20)22-13-14-8-6-5-7-9-14/h5-9,15H,3-4,10-13H2,1-2H3,(H,18,20). The molecule has 1 N–H and O–H groups in total. The fourth-order valence-electron chi connectivity index (χ4n) is 1.81. The molecule has 1 amide bonds. The first-order valence-electron chi connectivity index (χ1n) is 7.80. The molecule has 0 radical (unpaired) electrons. The zero-order chi connectivity index (χ0) is 16.9. The summed E-state index contributed by atoms with van der Waals surface area (Å²) in [5, 5.41) is 2.60. The molecule has 5 nitrogen and oxygen atoms in total. The van der Waals surface area contributed by atoms with Crippen molar-refractivity contribution in [3.8, 4) is 0 Å². The Hall–Kier alpha value is -1.69. The zero-order valence-corrected chi connectivity index (χ0v) is 14.6. The lowest BCUT2D eigenvalue weighted by Gasteiger charge is -2.17. The molecule has 1 atom stereocenters. The summed E-state index contributed by atoms with van der Waals surface area (Å²) in [6, 6.07) is 8.73. The molecule has 1 unspecified atom stereocenters. The minimum absolute atomic E-state index is 0.173. The lowest BCUT2D eigenvalue weighted by molar-refractivity contribution is -0.146. The molecular formula is C17H25NO4S. The molecule has 0 spiro atoms. The van der Waals surface area contributed by atoms with Crippen LogP contribution in [0.3, 0.4) is 0 Å². The second-order valence-electron chi connectivity index (χ2n) is 5.06. The minimum atomic E-state index is -0.664. The quantitative estimate of drug-likeness (QED) is 0.523. The first-order chi connectivity index (χ1) is 11.2. The lowest BCUT2D eigenvalue weighted by atomic mass is 10.2. The van der Waals surface area contributed by atoms with E-state index >= 15 is 0 Å². The molecule has 0 aliphatic carbocycles. The lowest BCUT2D eigenvalue weighted by Crippen LogP contribution is -2.42. The Kier molecular flexibility index (Phi) is 9.95. The van der Waals surface area contributed by atoms with E-state index < -0.39 is 18.1 Å². The Morgan fingerprint density at radius 1 is 1.22 bits per heavy atom. The van der Waals surface area contributed by atoms with Gasteiger partial charge < -0.3 is 14.8 Å². The van der Waals surface area contributed by atoms with Gasteiger partial charge in [-0.05, 0) is 30.4 Å². The number of hydrogen-bond acceptors (Lipinski definition) is 5. The van der Waals surface area contributed by atoms with E-state index in [9.17, 15) is 9.59 Å². The van der Waals surface area contributed by atoms with Gasteiger partial charge in [0.05, 0.1) is 6.61 Å². The SMILES string of the molecule is CCCCOC(=O)C(CCSC)NC(=O)OCc1ccccc1. The largest absolute Gasteiger partial charge is 0.464 e. The highest BCUT2D eigenvalue weighted by molar-refractivity contribution is 7.98. The van der Waals surface area contributed by atoms with E-state index in [-0.39, 0.29) is 6.61 Å². The highest BCUT2D eigenvalue weighted by Gasteiger charge is 2.22. The van der Waals surface area contributed by atoms with Crippen molar-refractivity contribution in [2.24, 2.45) is 0 Å². The van der Waals surface area contributed by atoms with Crippen molar-refractivity contribution in [3.63, 3.8) is 0 Å². The van der Waals surface area contributed by atoms with Crippen LogP contribution in [0.25, 0.3) is 0 Å². The van der Waals surface area contributed by atoms with Gasteiger partial charge in [-0.3, -0.25) is 0 Å². The predicted octanol–water partition coefficient (Wildman–Crippen LogP) is 3.38. The van der Waals surface area contributed by atoms with Crippen LogP contribution in [-0.4, -0.2) is 36.7 Å². The molecule has 0 saturated heterocycles. The Labute approximate surface area is 142 Å². The second-order valence-corrected chi connectivity index (χ2v) is 6.05. The summed E-state index contributed by atoms with van der Waals surface area (Å²) in [6.45, 7) is 2.58. The first-order valence-corrected chi connectivity index (χ1v) is 9.19. The van der Waals surface area contributed by atoms with E-state index in [1.54, 1.807) is 11.8 Å². The molecule has 23 heavy (non-hydrogen) atoms. The predicted molar refractivity (Wildman–Crippen MR) is 92.4 cm³/mol. The molecule has 1 rings (SSSR count). The third kappa shape index (κ3) is 8.50. The van der Waals surface area contributed by atoms with E-state index in [0.717, 1.165) is 24.2 Å². The molecule has 0 bridgehead atoms. The molecular weight excluding hydrogens is 314 g/mol. The van der Waals surface area contributed by atoms with Crippen molar-refractivity contribution in [1.82, 2.24) is 5.32 Å². The maximum atomic E-state index is 12.0. The number of amides is 1. The van der Waals surface area contributed by atoms with Crippen molar-refractivity contribution in [3.05, 3.63) is 35.9 Å². The Bertz CT molecular complexity index is 467. The van der Waals surface area contributed by atoms with Crippen LogP contribution in [0.4, 0.5) is 4.79 Å². The summed E-state index contributed by atoms with van der Waals surface area (Å²) >= 11 is 1.61. The summed E-state index contributed by atoms with van der Waals surface area (Å²) in [4.78, 5) is 23.9. The molecule has 0 aromatic heterocycles. The number of benzene rings is 1. The Morgan fingerprint density at radius 3 is 2.61 bits per heavy atom. The molecule has 0 heterocycles. The highest BCUT2D eigenvalue weighted by atomic mass is 32.2. The van der Waals surface area contributed by atoms with Gasteiger partial charge in [-0.25, -0.2) is 9.59 Å². The van der Waals surface area contributed by atoms with E-state index in [0.29, 0.717) is 13.0 Å². The van der Waals surface area contributed by atoms with Gasteiger partial charge in [0.2, 0.25) is 0 Å². The van der Waals surface area contributed by atoms with Crippen molar-refractivity contribution in [2.45, 2.75) is 38.8 Å². The number of hydrogen-bond donors (Lipinski definition) is 1. The number of rotatable bonds is 10. The summed E-state index contributed by atoms with van der Waals surface area (Å²) in [5.41, 5.74) is 0.897. The minimum Gasteiger partial charge on any atom is -0.464 e. The van der Waals surface area contributed by atoms with Crippen molar-refractivity contribution >= 4 is 23.8 Å². The van der Waals surface area contributed by atoms with Gasteiger partial charge in [0.1, 0.15) is 12.6 Å². The smallest absolute Gasteiger partial charge is 0.408 e. The number of esters is 1. The normalized spacial score (nSPS) is 11.6. The average molecular weight is 339 g/mol. The fourth-order valence-corrected chi connectivity index (χ4v) is 2.28. The number of carbonyl (C=O) groups is 2. The maximum Gasteiger partial charge on any atom is 0.408 e. The van der Waals surface area contributed by atoms with E-state index in [4.69, 9.17) is 9.47 Å². The van der Waals surface area contributed by atoms with Gasteiger partial charge >= 0.3 is 12.1 Å². The van der Waals surface area contributed by atoms with Crippen LogP contribution in [0.15, 0.2) is 30.3 Å². The summed E-state index contributed by atoms with van der Waals surface area (Å²) in [7, 11) is 0. The fraction of sp³-hybridized carbons (Fsp3) is 0.529. The molecule has 0 fully saturated rings. The number of alkyl carbamates (subject to hydrolysis) is 1. The van der Waals surface area contributed by atoms with Crippen molar-refractivity contribution in [1.29, 1.82) is 0 Å². The van der Waals surface area contributed by atoms with Gasteiger partial charge in [-0.15, -0.1) is 0 Å². The number of unbranched alkanes of at least 4 members (excludes halogenated alkanes) is 1. The number of carbonyl (C=O) groups excluding carboxylic acids is 2. The van der Waals surface area contributed by atoms with E-state index in [1.165, 1.54) is 0 Å². The number of thioether (sulfide) groups is 1. The monoisotopic (exact) mass is 339 g/mol. The van der Waals surface area contributed by atoms with Gasteiger partial charge in [-0.1, -0.05) is 43.7 Å². The summed E-state index contributed by atoms with van der Waals surface area (Å²) in [5.74, 6) is 0.358. The molecule has 128 valence electrons. The van der Waals surface area contributed by atoms with Crippen molar-refractivity contribution in [2.75, 3.05) is 18.6 Å². The van der Waals surface area contributed by atoms with Gasteiger partial charge in [-0.2, -0.15) is 11.8 Å². The van der Waals surface area contributed by atoms with Crippen LogP contribution in [-0.2, 0) is 20.9 Å². The van der Waals surface area contributed by atoms with E-state index in [2.05, 4.69) is 5.32 Å². The number of ether oxygens (including phenoxy) is 2. The van der Waals surface area contributed by atoms with Crippen LogP contribution >= 0.6 is 11.8 Å². The second kappa shape index (κ2) is 11.8. The number of nitrogens with one attached hydrogen (secondary N) is 1. The molecule has 6 heteroatoms. The van der Waals surface area contributed by atoms with Crippen LogP contribution in [0.1, 0.15) is 31.7 Å². The third-order valence-corrected chi connectivity index (χ3v) is 3.79. The Balaban J connectivity index is 2.44. The van der Waals surface area contributed by atoms with Crippen LogP contribution in [0.2, 0.25) is 0 Å². The van der Waals surface area contributed by atoms with Gasteiger partial charge in [0.15, 0.2) is 0 Å². The molecule has 0 aliphatic rings. The first kappa shape index (κ1) is 19.4. The van der Waals surface area contributed by atoms with Crippen LogP contribution in [0.5, 0.6) is 0 Å². The third-order valence-electron chi connectivity index (χ3n) is 3.14. The zero-order valence-electron chi connectivity index (χ0n) is 13.7. The summed E-state index contributed by atoms with van der Waals surface area (Å²) < 4.78 is 10.3. The average Bonchev–Trinajstić information content (AvgIpc) is 2.57. The molecule has 1 aromatic carbocycles. The van der Waals surface area contributed by atoms with Gasteiger partial charge in [0.25, 0.3) is 0 Å². The molecule has 0 saturated carbocycles. The van der Waals surface area contributed by atoms with Crippen LogP contribution < -0.4 is 5.32 Å². The highest BCUT2D eigenvalue weighted by Crippen LogP contribution is 2.05. The molecule has 1 aromatic rings. The maximum absolute atomic E-state index is 12.0. The van der Waals surface area contributed by atoms with Crippen molar-refractivity contribution < 1.29 is 19.1 Å². The Morgan fingerprint density at radius 2 is 1.96 bits per heavy atom. The van der Waals surface area contributed by atoms with Gasteiger partial charge in [0, 0.05) is 0 Å². The summed E-state index contributed by atoms with van der Waals surface area (Å²) in [6.07, 6.45) is 3.64. The molecule has 0 aliphatic heterocycles. The van der Waals surface area contributed by atoms with Crippen LogP contribution in [0, 0.1) is 0 Å².